The lowest BCUT2D eigenvalue weighted by molar-refractivity contribution is -0.141. The summed E-state index contributed by atoms with van der Waals surface area (Å²) in [5.41, 5.74) is 0.954. The fourth-order valence-corrected chi connectivity index (χ4v) is 2.70. The van der Waals surface area contributed by atoms with Gasteiger partial charge in [-0.15, -0.1) is 0 Å². The van der Waals surface area contributed by atoms with Crippen LogP contribution < -0.4 is 10.1 Å². The van der Waals surface area contributed by atoms with Crippen molar-refractivity contribution in [1.29, 1.82) is 0 Å². The molecule has 0 unspecified atom stereocenters. The summed E-state index contributed by atoms with van der Waals surface area (Å²) in [7, 11) is 0. The van der Waals surface area contributed by atoms with Gasteiger partial charge in [-0.25, -0.2) is 0 Å². The molecule has 0 aliphatic carbocycles. The SMILES string of the molecule is CCCO[C@](C)(CC(C)C)C(=O)Nc1ccc(OC(C)C)c(C)c1. The molecule has 0 bridgehead atoms. The number of benzene rings is 1. The van der Waals surface area contributed by atoms with E-state index in [1.165, 1.54) is 0 Å². The molecule has 0 aromatic heterocycles. The average molecular weight is 335 g/mol. The minimum Gasteiger partial charge on any atom is -0.491 e. The zero-order valence-corrected chi connectivity index (χ0v) is 16.2. The monoisotopic (exact) mass is 335 g/mol. The third-order valence-electron chi connectivity index (χ3n) is 3.70. The first-order chi connectivity index (χ1) is 11.2. The molecule has 136 valence electrons. The van der Waals surface area contributed by atoms with E-state index in [0.29, 0.717) is 18.9 Å². The molecule has 1 N–H and O–H groups in total. The summed E-state index contributed by atoms with van der Waals surface area (Å²) < 4.78 is 11.6. The fourth-order valence-electron chi connectivity index (χ4n) is 2.70. The molecule has 24 heavy (non-hydrogen) atoms. The van der Waals surface area contributed by atoms with Crippen molar-refractivity contribution in [3.8, 4) is 5.75 Å². The van der Waals surface area contributed by atoms with Crippen LogP contribution in [-0.2, 0) is 9.53 Å². The van der Waals surface area contributed by atoms with E-state index >= 15 is 0 Å². The highest BCUT2D eigenvalue weighted by Gasteiger charge is 2.35. The number of amides is 1. The summed E-state index contributed by atoms with van der Waals surface area (Å²) in [4.78, 5) is 12.8. The molecule has 0 radical (unpaired) electrons. The molecule has 0 saturated heterocycles. The quantitative estimate of drug-likeness (QED) is 0.694. The number of hydrogen-bond acceptors (Lipinski definition) is 3. The Labute approximate surface area is 146 Å². The Morgan fingerprint density at radius 3 is 2.42 bits per heavy atom. The lowest BCUT2D eigenvalue weighted by atomic mass is 9.93. The number of ether oxygens (including phenoxy) is 2. The molecular weight excluding hydrogens is 302 g/mol. The molecule has 1 aromatic carbocycles. The van der Waals surface area contributed by atoms with E-state index in [1.807, 2.05) is 52.8 Å². The first-order valence-corrected chi connectivity index (χ1v) is 8.90. The molecular formula is C20H33NO3. The van der Waals surface area contributed by atoms with Gasteiger partial charge >= 0.3 is 0 Å². The Morgan fingerprint density at radius 1 is 1.25 bits per heavy atom. The summed E-state index contributed by atoms with van der Waals surface area (Å²) in [5.74, 6) is 1.12. The van der Waals surface area contributed by atoms with Gasteiger partial charge in [-0.05, 0) is 70.2 Å². The van der Waals surface area contributed by atoms with Crippen LogP contribution >= 0.6 is 0 Å². The number of carbonyl (C=O) groups excluding carboxylic acids is 1. The van der Waals surface area contributed by atoms with Crippen molar-refractivity contribution < 1.29 is 14.3 Å². The van der Waals surface area contributed by atoms with Gasteiger partial charge in [-0.1, -0.05) is 20.8 Å². The summed E-state index contributed by atoms with van der Waals surface area (Å²) in [6.07, 6.45) is 1.70. The molecule has 1 amide bonds. The van der Waals surface area contributed by atoms with Crippen molar-refractivity contribution in [2.45, 2.75) is 73.0 Å². The Balaban J connectivity index is 2.88. The van der Waals surface area contributed by atoms with E-state index in [1.54, 1.807) is 0 Å². The Morgan fingerprint density at radius 2 is 1.92 bits per heavy atom. The first-order valence-electron chi connectivity index (χ1n) is 8.90. The molecule has 0 heterocycles. The predicted octanol–water partition coefficient (Wildman–Crippen LogP) is 4.95. The van der Waals surface area contributed by atoms with Crippen molar-refractivity contribution in [2.24, 2.45) is 5.92 Å². The topological polar surface area (TPSA) is 47.6 Å². The smallest absolute Gasteiger partial charge is 0.256 e. The van der Waals surface area contributed by atoms with Crippen LogP contribution in [0.25, 0.3) is 0 Å². The zero-order chi connectivity index (χ0) is 18.3. The summed E-state index contributed by atoms with van der Waals surface area (Å²) in [6, 6.07) is 5.71. The van der Waals surface area contributed by atoms with Crippen LogP contribution in [0.1, 0.15) is 59.9 Å². The highest BCUT2D eigenvalue weighted by molar-refractivity contribution is 5.97. The highest BCUT2D eigenvalue weighted by Crippen LogP contribution is 2.26. The minimum absolute atomic E-state index is 0.0958. The van der Waals surface area contributed by atoms with Crippen molar-refractivity contribution >= 4 is 11.6 Å². The van der Waals surface area contributed by atoms with Gasteiger partial charge < -0.3 is 14.8 Å². The largest absolute Gasteiger partial charge is 0.491 e. The van der Waals surface area contributed by atoms with E-state index < -0.39 is 5.60 Å². The van der Waals surface area contributed by atoms with Gasteiger partial charge in [-0.3, -0.25) is 4.79 Å². The molecule has 0 aliphatic heterocycles. The van der Waals surface area contributed by atoms with Gasteiger partial charge in [-0.2, -0.15) is 0 Å². The Bertz CT molecular complexity index is 540. The second-order valence-electron chi connectivity index (χ2n) is 7.28. The lowest BCUT2D eigenvalue weighted by Crippen LogP contribution is -2.44. The fraction of sp³-hybridized carbons (Fsp3) is 0.650. The van der Waals surface area contributed by atoms with Crippen LogP contribution in [0.3, 0.4) is 0 Å². The third-order valence-corrected chi connectivity index (χ3v) is 3.70. The predicted molar refractivity (Wildman–Crippen MR) is 99.7 cm³/mol. The van der Waals surface area contributed by atoms with Crippen LogP contribution in [0.5, 0.6) is 5.75 Å². The number of nitrogens with one attached hydrogen (secondary N) is 1. The minimum atomic E-state index is -0.814. The van der Waals surface area contributed by atoms with Crippen LogP contribution in [0.2, 0.25) is 0 Å². The van der Waals surface area contributed by atoms with Gasteiger partial charge in [0.2, 0.25) is 0 Å². The van der Waals surface area contributed by atoms with Crippen LogP contribution in [0.15, 0.2) is 18.2 Å². The van der Waals surface area contributed by atoms with Gasteiger partial charge in [0.15, 0.2) is 0 Å². The molecule has 4 nitrogen and oxygen atoms in total. The van der Waals surface area contributed by atoms with Crippen LogP contribution in [0.4, 0.5) is 5.69 Å². The molecule has 1 rings (SSSR count). The number of carbonyl (C=O) groups is 1. The van der Waals surface area contributed by atoms with Crippen LogP contribution in [-0.4, -0.2) is 24.2 Å². The molecule has 1 aromatic rings. The van der Waals surface area contributed by atoms with Crippen molar-refractivity contribution in [3.63, 3.8) is 0 Å². The first kappa shape index (κ1) is 20.5. The number of aryl methyl sites for hydroxylation is 1. The van der Waals surface area contributed by atoms with Crippen LogP contribution in [0, 0.1) is 12.8 Å². The summed E-state index contributed by atoms with van der Waals surface area (Å²) in [6.45, 7) is 14.7. The van der Waals surface area contributed by atoms with Gasteiger partial charge in [0.25, 0.3) is 5.91 Å². The van der Waals surface area contributed by atoms with Crippen molar-refractivity contribution in [3.05, 3.63) is 23.8 Å². The van der Waals surface area contributed by atoms with Gasteiger partial charge in [0.1, 0.15) is 11.4 Å². The van der Waals surface area contributed by atoms with E-state index in [-0.39, 0.29) is 12.0 Å². The van der Waals surface area contributed by atoms with Gasteiger partial charge in [0, 0.05) is 12.3 Å². The van der Waals surface area contributed by atoms with E-state index in [9.17, 15) is 4.79 Å². The van der Waals surface area contributed by atoms with Crippen molar-refractivity contribution in [1.82, 2.24) is 0 Å². The van der Waals surface area contributed by atoms with Gasteiger partial charge in [0.05, 0.1) is 6.10 Å². The molecule has 0 spiro atoms. The van der Waals surface area contributed by atoms with Crippen molar-refractivity contribution in [2.75, 3.05) is 11.9 Å². The van der Waals surface area contributed by atoms with E-state index in [4.69, 9.17) is 9.47 Å². The number of hydrogen-bond donors (Lipinski definition) is 1. The second kappa shape index (κ2) is 9.07. The average Bonchev–Trinajstić information content (AvgIpc) is 2.47. The Kier molecular flexibility index (Phi) is 7.74. The normalized spacial score (nSPS) is 13.9. The highest BCUT2D eigenvalue weighted by atomic mass is 16.5. The molecule has 4 heteroatoms. The molecule has 0 saturated carbocycles. The standard InChI is InChI=1S/C20H33NO3/c1-8-11-23-20(7,13-14(2)3)19(22)21-17-9-10-18(16(6)12-17)24-15(4)5/h9-10,12,14-15H,8,11,13H2,1-7H3,(H,21,22)/t20-/m1/s1. The maximum Gasteiger partial charge on any atom is 0.256 e. The number of anilines is 1. The third kappa shape index (κ3) is 6.16. The summed E-state index contributed by atoms with van der Waals surface area (Å²) in [5, 5.41) is 3.00. The molecule has 0 aliphatic rings. The van der Waals surface area contributed by atoms with E-state index in [2.05, 4.69) is 19.2 Å². The number of rotatable bonds is 9. The summed E-state index contributed by atoms with van der Waals surface area (Å²) >= 11 is 0. The zero-order valence-electron chi connectivity index (χ0n) is 16.2. The van der Waals surface area contributed by atoms with E-state index in [0.717, 1.165) is 23.4 Å². The molecule has 0 fully saturated rings. The lowest BCUT2D eigenvalue weighted by Gasteiger charge is -2.30. The molecule has 1 atom stereocenters. The maximum absolute atomic E-state index is 12.8. The second-order valence-corrected chi connectivity index (χ2v) is 7.28. The maximum atomic E-state index is 12.8. The Hall–Kier alpha value is -1.55.